The summed E-state index contributed by atoms with van der Waals surface area (Å²) in [5.41, 5.74) is 1.28. The molecule has 0 spiro atoms. The molecule has 0 aliphatic rings. The van der Waals surface area contributed by atoms with Crippen LogP contribution in [0.5, 0.6) is 0 Å². The van der Waals surface area contributed by atoms with Gasteiger partial charge in [-0.3, -0.25) is 4.79 Å². The lowest BCUT2D eigenvalue weighted by atomic mass is 9.97. The normalized spacial score (nSPS) is 13.1. The quantitative estimate of drug-likeness (QED) is 0.0596. The van der Waals surface area contributed by atoms with E-state index in [0.29, 0.717) is 17.5 Å². The summed E-state index contributed by atoms with van der Waals surface area (Å²) >= 11 is 0. The number of esters is 1. The summed E-state index contributed by atoms with van der Waals surface area (Å²) < 4.78 is 60.0. The van der Waals surface area contributed by atoms with Crippen LogP contribution in [0.1, 0.15) is 109 Å². The summed E-state index contributed by atoms with van der Waals surface area (Å²) in [5.74, 6) is -3.98. The molecule has 0 N–H and O–H groups in total. The van der Waals surface area contributed by atoms with E-state index in [-0.39, 0.29) is 12.0 Å². The van der Waals surface area contributed by atoms with Crippen molar-refractivity contribution in [3.05, 3.63) is 83.9 Å². The molecule has 0 bridgehead atoms. The molecule has 0 heterocycles. The van der Waals surface area contributed by atoms with Crippen LogP contribution in [0.4, 0.5) is 17.6 Å². The predicted octanol–water partition coefficient (Wildman–Crippen LogP) is 11.2. The largest absolute Gasteiger partial charge is 0.449 e. The molecule has 2 aromatic rings. The first-order chi connectivity index (χ1) is 19.2. The summed E-state index contributed by atoms with van der Waals surface area (Å²) in [6.07, 6.45) is 14.0. The molecule has 0 amide bonds. The molecule has 2 aromatic carbocycles. The van der Waals surface area contributed by atoms with Gasteiger partial charge in [0.2, 0.25) is 5.76 Å². The molecule has 1 unspecified atom stereocenters. The van der Waals surface area contributed by atoms with Crippen molar-refractivity contribution in [2.75, 3.05) is 0 Å². The summed E-state index contributed by atoms with van der Waals surface area (Å²) in [7, 11) is 0. The second kappa shape index (κ2) is 18.5. The number of allylic oxidation sites excluding steroid dienone is 4. The average molecular weight is 561 g/mol. The topological polar surface area (TPSA) is 26.3 Å². The van der Waals surface area contributed by atoms with Gasteiger partial charge in [-0.05, 0) is 68.7 Å². The third-order valence-corrected chi connectivity index (χ3v) is 6.97. The maximum Gasteiger partial charge on any atom is 0.449 e. The van der Waals surface area contributed by atoms with Gasteiger partial charge in [-0.25, -0.2) is 4.39 Å². The zero-order valence-electron chi connectivity index (χ0n) is 23.9. The number of halogens is 4. The van der Waals surface area contributed by atoms with E-state index in [1.54, 1.807) is 24.3 Å². The Morgan fingerprint density at radius 3 is 1.98 bits per heavy atom. The van der Waals surface area contributed by atoms with E-state index < -0.39 is 29.6 Å². The fourth-order valence-corrected chi connectivity index (χ4v) is 4.47. The number of rotatable bonds is 18. The fraction of sp³-hybridized carbons (Fsp3) is 0.500. The molecule has 0 saturated carbocycles. The Morgan fingerprint density at radius 2 is 1.40 bits per heavy atom. The van der Waals surface area contributed by atoms with E-state index in [0.717, 1.165) is 38.2 Å². The van der Waals surface area contributed by atoms with Gasteiger partial charge in [-0.2, -0.15) is 13.2 Å². The van der Waals surface area contributed by atoms with Crippen molar-refractivity contribution < 1.29 is 27.1 Å². The molecule has 0 aliphatic carbocycles. The molecule has 0 saturated heterocycles. The Balaban J connectivity index is 1.75. The third-order valence-electron chi connectivity index (χ3n) is 6.97. The van der Waals surface area contributed by atoms with Crippen molar-refractivity contribution in [3.8, 4) is 11.1 Å². The highest BCUT2D eigenvalue weighted by atomic mass is 19.4. The van der Waals surface area contributed by atoms with Crippen LogP contribution in [0.25, 0.3) is 11.1 Å². The third kappa shape index (κ3) is 12.5. The fourth-order valence-electron chi connectivity index (χ4n) is 4.47. The first-order valence-electron chi connectivity index (χ1n) is 14.7. The lowest BCUT2D eigenvalue weighted by Crippen LogP contribution is -2.21. The number of unbranched alkanes of at least 4 members (excludes halogenated alkanes) is 11. The molecular formula is C34H44F4O2. The Hall–Kier alpha value is -2.89. The van der Waals surface area contributed by atoms with Gasteiger partial charge in [0.15, 0.2) is 0 Å². The zero-order chi connectivity index (χ0) is 29.2. The SMILES string of the molecule is CCCCCCCC/C=C\CCCCCC/C=C(/OC(=O)C(C)c1ccc(-c2ccccc2)c(F)c1)C(F)(F)F. The second-order valence-corrected chi connectivity index (χ2v) is 10.3. The smallest absolute Gasteiger partial charge is 0.421 e. The van der Waals surface area contributed by atoms with Crippen molar-refractivity contribution in [2.24, 2.45) is 0 Å². The first kappa shape index (κ1) is 33.3. The molecule has 0 aliphatic heterocycles. The van der Waals surface area contributed by atoms with Crippen molar-refractivity contribution in [2.45, 2.75) is 109 Å². The minimum atomic E-state index is -4.78. The molecule has 0 fully saturated rings. The number of hydrogen-bond donors (Lipinski definition) is 0. The van der Waals surface area contributed by atoms with Crippen molar-refractivity contribution in [1.82, 2.24) is 0 Å². The van der Waals surface area contributed by atoms with Crippen molar-refractivity contribution in [1.29, 1.82) is 0 Å². The Bertz CT molecular complexity index is 1060. The van der Waals surface area contributed by atoms with E-state index in [2.05, 4.69) is 19.1 Å². The van der Waals surface area contributed by atoms with Gasteiger partial charge in [0, 0.05) is 5.56 Å². The highest BCUT2D eigenvalue weighted by Gasteiger charge is 2.38. The summed E-state index contributed by atoms with van der Waals surface area (Å²) in [6, 6.07) is 13.1. The number of benzene rings is 2. The highest BCUT2D eigenvalue weighted by molar-refractivity contribution is 5.79. The maximum atomic E-state index is 14.7. The average Bonchev–Trinajstić information content (AvgIpc) is 2.93. The van der Waals surface area contributed by atoms with Crippen molar-refractivity contribution >= 4 is 5.97 Å². The van der Waals surface area contributed by atoms with Gasteiger partial charge in [0.25, 0.3) is 0 Å². The molecule has 1 atom stereocenters. The monoisotopic (exact) mass is 560 g/mol. The second-order valence-electron chi connectivity index (χ2n) is 10.3. The van der Waals surface area contributed by atoms with Gasteiger partial charge >= 0.3 is 12.1 Å². The van der Waals surface area contributed by atoms with Gasteiger partial charge in [-0.1, -0.05) is 106 Å². The number of carbonyl (C=O) groups is 1. The van der Waals surface area contributed by atoms with Gasteiger partial charge in [0.1, 0.15) is 5.82 Å². The lowest BCUT2D eigenvalue weighted by Gasteiger charge is -2.16. The number of ether oxygens (including phenoxy) is 1. The van der Waals surface area contributed by atoms with Crippen LogP contribution < -0.4 is 0 Å². The first-order valence-corrected chi connectivity index (χ1v) is 14.7. The van der Waals surface area contributed by atoms with E-state index in [1.807, 2.05) is 6.07 Å². The molecule has 0 radical (unpaired) electrons. The minimum absolute atomic E-state index is 0.171. The standard InChI is InChI=1S/C34H44F4O2/c1-3-4-5-6-7-8-9-10-11-12-13-14-15-16-20-23-32(34(36,37)38)40-33(39)27(2)29-24-25-30(31(35)26-29)28-21-18-17-19-22-28/h10-11,17-19,21-27H,3-9,12-16,20H2,1-2H3/b11-10-,32-23+. The summed E-state index contributed by atoms with van der Waals surface area (Å²) in [4.78, 5) is 12.5. The van der Waals surface area contributed by atoms with E-state index >= 15 is 0 Å². The molecule has 220 valence electrons. The van der Waals surface area contributed by atoms with Crippen LogP contribution >= 0.6 is 0 Å². The molecular weight excluding hydrogens is 516 g/mol. The number of carbonyl (C=O) groups excluding carboxylic acids is 1. The van der Waals surface area contributed by atoms with Crippen molar-refractivity contribution in [3.63, 3.8) is 0 Å². The Morgan fingerprint density at radius 1 is 0.825 bits per heavy atom. The highest BCUT2D eigenvalue weighted by Crippen LogP contribution is 2.31. The maximum absolute atomic E-state index is 14.7. The van der Waals surface area contributed by atoms with Gasteiger partial charge in [0.05, 0.1) is 5.92 Å². The molecule has 40 heavy (non-hydrogen) atoms. The van der Waals surface area contributed by atoms with E-state index in [1.165, 1.54) is 63.6 Å². The van der Waals surface area contributed by atoms with Crippen LogP contribution in [-0.4, -0.2) is 12.1 Å². The molecule has 2 nitrogen and oxygen atoms in total. The minimum Gasteiger partial charge on any atom is -0.421 e. The summed E-state index contributed by atoms with van der Waals surface area (Å²) in [5, 5.41) is 0. The lowest BCUT2D eigenvalue weighted by molar-refractivity contribution is -0.161. The van der Waals surface area contributed by atoms with Crippen LogP contribution in [0.15, 0.2) is 72.5 Å². The Kier molecular flexibility index (Phi) is 15.4. The van der Waals surface area contributed by atoms with Gasteiger partial charge < -0.3 is 4.74 Å². The molecule has 2 rings (SSSR count). The number of hydrogen-bond acceptors (Lipinski definition) is 2. The van der Waals surface area contributed by atoms with Crippen LogP contribution in [0.3, 0.4) is 0 Å². The van der Waals surface area contributed by atoms with E-state index in [4.69, 9.17) is 4.74 Å². The van der Waals surface area contributed by atoms with E-state index in [9.17, 15) is 22.4 Å². The van der Waals surface area contributed by atoms with Crippen LogP contribution in [-0.2, 0) is 9.53 Å². The zero-order valence-corrected chi connectivity index (χ0v) is 23.9. The predicted molar refractivity (Wildman–Crippen MR) is 155 cm³/mol. The van der Waals surface area contributed by atoms with Gasteiger partial charge in [-0.15, -0.1) is 0 Å². The summed E-state index contributed by atoms with van der Waals surface area (Å²) in [6.45, 7) is 3.63. The van der Waals surface area contributed by atoms with Crippen LogP contribution in [0, 0.1) is 5.82 Å². The molecule has 6 heteroatoms. The van der Waals surface area contributed by atoms with Crippen LogP contribution in [0.2, 0.25) is 0 Å². The molecule has 0 aromatic heterocycles. The number of alkyl halides is 3. The Labute approximate surface area is 237 Å².